The number of H-pyrrole nitrogens is 1. The summed E-state index contributed by atoms with van der Waals surface area (Å²) in [5.74, 6) is 1.07. The van der Waals surface area contributed by atoms with Crippen LogP contribution in [0.1, 0.15) is 48.1 Å². The van der Waals surface area contributed by atoms with Crippen molar-refractivity contribution >= 4 is 29.2 Å². The molecule has 10 heteroatoms. The standard InChI is InChI=1S/C19H26ClN7O2/c1-11(23-18(28)15-5-8-22-26-15)19(29)27-9-6-13(7-10-27)3-4-14-16(20)24-12(2)25-17(14)21/h5,8,11,13H,3-4,6-7,9-10H2,1-2H3,(H,22,26)(H,23,28)(H2,21,24,25). The molecule has 0 bridgehead atoms. The number of anilines is 1. The van der Waals surface area contributed by atoms with E-state index in [1.54, 1.807) is 19.9 Å². The Hall–Kier alpha value is -2.68. The van der Waals surface area contributed by atoms with Crippen molar-refractivity contribution in [1.29, 1.82) is 0 Å². The molecule has 2 aromatic rings. The van der Waals surface area contributed by atoms with Gasteiger partial charge in [0.15, 0.2) is 0 Å². The molecule has 0 radical (unpaired) electrons. The molecule has 9 nitrogen and oxygen atoms in total. The molecule has 156 valence electrons. The van der Waals surface area contributed by atoms with E-state index in [2.05, 4.69) is 25.5 Å². The van der Waals surface area contributed by atoms with Crippen LogP contribution in [0.2, 0.25) is 5.15 Å². The number of aromatic nitrogens is 4. The first kappa shape index (κ1) is 21.0. The van der Waals surface area contributed by atoms with Crippen molar-refractivity contribution in [3.8, 4) is 0 Å². The van der Waals surface area contributed by atoms with Crippen LogP contribution in [0.25, 0.3) is 0 Å². The highest BCUT2D eigenvalue weighted by molar-refractivity contribution is 6.30. The fraction of sp³-hybridized carbons (Fsp3) is 0.526. The quantitative estimate of drug-likeness (QED) is 0.611. The molecule has 0 aromatic carbocycles. The Labute approximate surface area is 174 Å². The van der Waals surface area contributed by atoms with Gasteiger partial charge in [0.05, 0.1) is 0 Å². The number of amides is 2. The number of hydrogen-bond donors (Lipinski definition) is 3. The molecule has 1 atom stereocenters. The zero-order valence-electron chi connectivity index (χ0n) is 16.6. The predicted octanol–water partition coefficient (Wildman–Crippen LogP) is 1.73. The van der Waals surface area contributed by atoms with Crippen LogP contribution in [0.3, 0.4) is 0 Å². The Morgan fingerprint density at radius 2 is 2.10 bits per heavy atom. The average Bonchev–Trinajstić information content (AvgIpc) is 3.22. The molecule has 2 aromatic heterocycles. The molecule has 0 spiro atoms. The number of aryl methyl sites for hydroxylation is 1. The number of nitrogen functional groups attached to an aromatic ring is 1. The van der Waals surface area contributed by atoms with Gasteiger partial charge in [-0.3, -0.25) is 14.7 Å². The van der Waals surface area contributed by atoms with Gasteiger partial charge >= 0.3 is 0 Å². The van der Waals surface area contributed by atoms with E-state index in [9.17, 15) is 9.59 Å². The third kappa shape index (κ3) is 5.23. The van der Waals surface area contributed by atoms with Gasteiger partial charge in [-0.2, -0.15) is 5.10 Å². The van der Waals surface area contributed by atoms with Crippen LogP contribution in [0.4, 0.5) is 5.82 Å². The van der Waals surface area contributed by atoms with E-state index >= 15 is 0 Å². The SMILES string of the molecule is Cc1nc(N)c(CCC2CCN(C(=O)C(C)NC(=O)c3ccn[nH]3)CC2)c(Cl)n1. The fourth-order valence-electron chi connectivity index (χ4n) is 3.60. The van der Waals surface area contributed by atoms with Gasteiger partial charge in [-0.1, -0.05) is 11.6 Å². The van der Waals surface area contributed by atoms with E-state index in [1.807, 2.05) is 4.90 Å². The van der Waals surface area contributed by atoms with Crippen molar-refractivity contribution in [2.75, 3.05) is 18.8 Å². The van der Waals surface area contributed by atoms with E-state index in [0.29, 0.717) is 41.5 Å². The van der Waals surface area contributed by atoms with Crippen molar-refractivity contribution in [1.82, 2.24) is 30.4 Å². The number of nitrogens with two attached hydrogens (primary N) is 1. The van der Waals surface area contributed by atoms with Crippen LogP contribution in [0.5, 0.6) is 0 Å². The zero-order valence-corrected chi connectivity index (χ0v) is 17.4. The van der Waals surface area contributed by atoms with Crippen molar-refractivity contribution in [3.63, 3.8) is 0 Å². The van der Waals surface area contributed by atoms with E-state index < -0.39 is 6.04 Å². The van der Waals surface area contributed by atoms with Gasteiger partial charge in [0.2, 0.25) is 5.91 Å². The third-order valence-corrected chi connectivity index (χ3v) is 5.61. The molecule has 29 heavy (non-hydrogen) atoms. The number of nitrogens with zero attached hydrogens (tertiary/aromatic N) is 4. The Morgan fingerprint density at radius 1 is 1.38 bits per heavy atom. The van der Waals surface area contributed by atoms with Gasteiger partial charge in [-0.15, -0.1) is 0 Å². The van der Waals surface area contributed by atoms with Gasteiger partial charge in [0.1, 0.15) is 28.5 Å². The summed E-state index contributed by atoms with van der Waals surface area (Å²) >= 11 is 6.21. The molecule has 4 N–H and O–H groups in total. The fourth-order valence-corrected chi connectivity index (χ4v) is 3.91. The van der Waals surface area contributed by atoms with Gasteiger partial charge in [-0.05, 0) is 51.5 Å². The van der Waals surface area contributed by atoms with Gasteiger partial charge in [-0.25, -0.2) is 9.97 Å². The number of aromatic amines is 1. The second kappa shape index (κ2) is 9.21. The molecule has 2 amide bonds. The Morgan fingerprint density at radius 3 is 2.72 bits per heavy atom. The van der Waals surface area contributed by atoms with Crippen molar-refractivity contribution in [3.05, 3.63) is 34.5 Å². The third-order valence-electron chi connectivity index (χ3n) is 5.29. The summed E-state index contributed by atoms with van der Waals surface area (Å²) in [7, 11) is 0. The van der Waals surface area contributed by atoms with E-state index in [1.165, 1.54) is 6.20 Å². The molecule has 1 saturated heterocycles. The molecule has 1 unspecified atom stereocenters. The Kier molecular flexibility index (Phi) is 6.68. The van der Waals surface area contributed by atoms with E-state index in [0.717, 1.165) is 31.2 Å². The molecule has 1 fully saturated rings. The van der Waals surface area contributed by atoms with E-state index in [4.69, 9.17) is 17.3 Å². The number of halogens is 1. The zero-order chi connectivity index (χ0) is 21.0. The molecular formula is C19H26ClN7O2. The number of nitrogens with one attached hydrogen (secondary N) is 2. The van der Waals surface area contributed by atoms with Crippen LogP contribution in [-0.2, 0) is 11.2 Å². The lowest BCUT2D eigenvalue weighted by atomic mass is 9.90. The largest absolute Gasteiger partial charge is 0.383 e. The normalized spacial score (nSPS) is 15.9. The minimum atomic E-state index is -0.592. The summed E-state index contributed by atoms with van der Waals surface area (Å²) in [5.41, 5.74) is 7.11. The molecule has 1 aliphatic rings. The molecule has 1 aliphatic heterocycles. The highest BCUT2D eigenvalue weighted by Gasteiger charge is 2.27. The first-order valence-corrected chi connectivity index (χ1v) is 10.1. The lowest BCUT2D eigenvalue weighted by molar-refractivity contribution is -0.134. The Bertz CT molecular complexity index is 840. The molecular weight excluding hydrogens is 394 g/mol. The second-order valence-electron chi connectivity index (χ2n) is 7.40. The second-order valence-corrected chi connectivity index (χ2v) is 7.76. The number of piperidine rings is 1. The monoisotopic (exact) mass is 419 g/mol. The van der Waals surface area contributed by atoms with Crippen molar-refractivity contribution in [2.24, 2.45) is 5.92 Å². The predicted molar refractivity (Wildman–Crippen MR) is 109 cm³/mol. The summed E-state index contributed by atoms with van der Waals surface area (Å²) in [6.45, 7) is 4.80. The van der Waals surface area contributed by atoms with Gasteiger partial charge in [0.25, 0.3) is 5.91 Å². The minimum Gasteiger partial charge on any atom is -0.383 e. The molecule has 3 heterocycles. The summed E-state index contributed by atoms with van der Waals surface area (Å²) in [5, 5.41) is 9.46. The molecule has 0 aliphatic carbocycles. The summed E-state index contributed by atoms with van der Waals surface area (Å²) < 4.78 is 0. The van der Waals surface area contributed by atoms with Crippen molar-refractivity contribution in [2.45, 2.75) is 45.6 Å². The maximum absolute atomic E-state index is 12.6. The van der Waals surface area contributed by atoms with Crippen LogP contribution in [0.15, 0.2) is 12.3 Å². The lowest BCUT2D eigenvalue weighted by Crippen LogP contribution is -2.49. The first-order valence-electron chi connectivity index (χ1n) is 9.72. The smallest absolute Gasteiger partial charge is 0.269 e. The van der Waals surface area contributed by atoms with Crippen LogP contribution >= 0.6 is 11.6 Å². The minimum absolute atomic E-state index is 0.0736. The number of carbonyl (C=O) groups is 2. The van der Waals surface area contributed by atoms with Gasteiger partial charge < -0.3 is 16.0 Å². The molecule has 3 rings (SSSR count). The van der Waals surface area contributed by atoms with Crippen molar-refractivity contribution < 1.29 is 9.59 Å². The van der Waals surface area contributed by atoms with Gasteiger partial charge in [0, 0.05) is 24.8 Å². The summed E-state index contributed by atoms with van der Waals surface area (Å²) in [6.07, 6.45) is 4.94. The van der Waals surface area contributed by atoms with Crippen LogP contribution < -0.4 is 11.1 Å². The van der Waals surface area contributed by atoms with Crippen LogP contribution in [-0.4, -0.2) is 56.0 Å². The highest BCUT2D eigenvalue weighted by atomic mass is 35.5. The summed E-state index contributed by atoms with van der Waals surface area (Å²) in [4.78, 5) is 34.9. The lowest BCUT2D eigenvalue weighted by Gasteiger charge is -2.33. The maximum Gasteiger partial charge on any atom is 0.269 e. The maximum atomic E-state index is 12.6. The number of carbonyl (C=O) groups excluding carboxylic acids is 2. The Balaban J connectivity index is 1.46. The average molecular weight is 420 g/mol. The van der Waals surface area contributed by atoms with E-state index in [-0.39, 0.29) is 11.8 Å². The topological polar surface area (TPSA) is 130 Å². The first-order chi connectivity index (χ1) is 13.8. The summed E-state index contributed by atoms with van der Waals surface area (Å²) in [6, 6.07) is 0.974. The van der Waals surface area contributed by atoms with Crippen LogP contribution in [0, 0.1) is 12.8 Å². The number of hydrogen-bond acceptors (Lipinski definition) is 6. The highest BCUT2D eigenvalue weighted by Crippen LogP contribution is 2.26. The number of likely N-dealkylation sites (tertiary alicyclic amines) is 1. The molecule has 0 saturated carbocycles. The number of rotatable bonds is 6.